The first-order chi connectivity index (χ1) is 18.0. The fourth-order valence-electron chi connectivity index (χ4n) is 5.08. The van der Waals surface area contributed by atoms with E-state index in [1.807, 2.05) is 54.6 Å². The molecule has 37 heavy (non-hydrogen) atoms. The van der Waals surface area contributed by atoms with Gasteiger partial charge in [0.05, 0.1) is 12.5 Å². The van der Waals surface area contributed by atoms with Gasteiger partial charge in [-0.3, -0.25) is 14.4 Å². The van der Waals surface area contributed by atoms with E-state index in [1.165, 1.54) is 5.01 Å². The Bertz CT molecular complexity index is 1090. The summed E-state index contributed by atoms with van der Waals surface area (Å²) in [5.41, 5.74) is 2.74. The number of hydrogen-bond acceptors (Lipinski definition) is 5. The van der Waals surface area contributed by atoms with E-state index < -0.39 is 5.97 Å². The number of carbonyl (C=O) groups excluding carboxylic acids is 2. The monoisotopic (exact) mass is 505 g/mol. The number of hydrazone groups is 1. The number of amides is 2. The van der Waals surface area contributed by atoms with E-state index in [4.69, 9.17) is 9.84 Å². The van der Waals surface area contributed by atoms with Gasteiger partial charge in [-0.1, -0.05) is 61.7 Å². The molecule has 1 fully saturated rings. The molecule has 8 heteroatoms. The van der Waals surface area contributed by atoms with Crippen molar-refractivity contribution < 1.29 is 24.2 Å². The van der Waals surface area contributed by atoms with Gasteiger partial charge < -0.3 is 15.2 Å². The van der Waals surface area contributed by atoms with Crippen LogP contribution in [0, 0.1) is 5.92 Å². The van der Waals surface area contributed by atoms with E-state index in [0.29, 0.717) is 31.3 Å². The number of rotatable bonds is 12. The van der Waals surface area contributed by atoms with Crippen LogP contribution in [0.5, 0.6) is 0 Å². The summed E-state index contributed by atoms with van der Waals surface area (Å²) < 4.78 is 5.53. The molecule has 1 saturated carbocycles. The minimum absolute atomic E-state index is 0.0401. The second-order valence-electron chi connectivity index (χ2n) is 9.77. The van der Waals surface area contributed by atoms with Gasteiger partial charge in [0.25, 0.3) is 5.91 Å². The molecule has 2 aromatic rings. The molecule has 0 spiro atoms. The smallest absolute Gasteiger partial charge is 0.303 e. The third kappa shape index (κ3) is 7.41. The molecule has 8 nitrogen and oxygen atoms in total. The highest BCUT2D eigenvalue weighted by Gasteiger charge is 2.32. The molecule has 1 aliphatic heterocycles. The molecule has 0 saturated heterocycles. The molecule has 1 heterocycles. The third-order valence-corrected chi connectivity index (χ3v) is 7.04. The molecule has 2 N–H and O–H groups in total. The van der Waals surface area contributed by atoms with Gasteiger partial charge in [-0.25, -0.2) is 5.01 Å². The summed E-state index contributed by atoms with van der Waals surface area (Å²) in [6, 6.07) is 17.4. The quantitative estimate of drug-likeness (QED) is 0.415. The van der Waals surface area contributed by atoms with Gasteiger partial charge in [0.1, 0.15) is 0 Å². The van der Waals surface area contributed by atoms with E-state index >= 15 is 0 Å². The van der Waals surface area contributed by atoms with Crippen LogP contribution in [0.2, 0.25) is 0 Å². The van der Waals surface area contributed by atoms with Crippen molar-refractivity contribution in [3.63, 3.8) is 0 Å². The lowest BCUT2D eigenvalue weighted by atomic mass is 9.83. The fourth-order valence-corrected chi connectivity index (χ4v) is 5.08. The van der Waals surface area contributed by atoms with Gasteiger partial charge in [0.2, 0.25) is 11.8 Å². The van der Waals surface area contributed by atoms with E-state index in [2.05, 4.69) is 10.4 Å². The van der Waals surface area contributed by atoms with Gasteiger partial charge in [-0.15, -0.1) is 5.10 Å². The number of hydrogen-bond donors (Lipinski definition) is 2. The summed E-state index contributed by atoms with van der Waals surface area (Å²) in [4.78, 5) is 36.3. The number of carboxylic acids is 1. The van der Waals surface area contributed by atoms with E-state index in [-0.39, 0.29) is 30.8 Å². The van der Waals surface area contributed by atoms with Gasteiger partial charge in [0, 0.05) is 18.5 Å². The predicted octanol–water partition coefficient (Wildman–Crippen LogP) is 4.44. The second kappa shape index (κ2) is 13.0. The van der Waals surface area contributed by atoms with Crippen molar-refractivity contribution in [2.45, 2.75) is 63.8 Å². The van der Waals surface area contributed by atoms with Crippen LogP contribution in [0.3, 0.4) is 0 Å². The SMILES string of the molecule is O=C(O)CCCCCNC(=O)[C@H](c1ccc(CN2N=C(c3ccccc3)OCC2=O)cc1)C1CCCC1. The van der Waals surface area contributed by atoms with E-state index in [0.717, 1.165) is 55.2 Å². The van der Waals surface area contributed by atoms with Crippen LogP contribution < -0.4 is 5.32 Å². The average molecular weight is 506 g/mol. The van der Waals surface area contributed by atoms with Crippen molar-refractivity contribution in [2.24, 2.45) is 11.0 Å². The molecule has 2 aliphatic rings. The molecule has 0 radical (unpaired) electrons. The molecule has 0 unspecified atom stereocenters. The number of nitrogens with zero attached hydrogens (tertiary/aromatic N) is 2. The Balaban J connectivity index is 1.39. The number of ether oxygens (including phenoxy) is 1. The molecule has 1 aliphatic carbocycles. The Morgan fingerprint density at radius 2 is 1.76 bits per heavy atom. The van der Waals surface area contributed by atoms with Crippen LogP contribution >= 0.6 is 0 Å². The van der Waals surface area contributed by atoms with Crippen molar-refractivity contribution >= 4 is 23.7 Å². The highest BCUT2D eigenvalue weighted by atomic mass is 16.5. The maximum atomic E-state index is 13.2. The lowest BCUT2D eigenvalue weighted by Crippen LogP contribution is -2.36. The molecular formula is C29H35N3O5. The molecule has 2 amide bonds. The Labute approximate surface area is 217 Å². The van der Waals surface area contributed by atoms with Crippen molar-refractivity contribution in [1.82, 2.24) is 10.3 Å². The molecule has 196 valence electrons. The summed E-state index contributed by atoms with van der Waals surface area (Å²) >= 11 is 0. The Morgan fingerprint density at radius 1 is 1.03 bits per heavy atom. The Hall–Kier alpha value is -3.68. The van der Waals surface area contributed by atoms with Crippen LogP contribution in [0.25, 0.3) is 0 Å². The van der Waals surface area contributed by atoms with E-state index in [1.54, 1.807) is 0 Å². The standard InChI is InChI=1S/C29H35N3O5/c33-25-20-37-29(24-11-3-1-4-12-24)31-32(25)19-21-14-16-23(17-15-21)27(22-9-6-7-10-22)28(36)30-18-8-2-5-13-26(34)35/h1,3-4,11-12,14-17,22,27H,2,5-10,13,18-20H2,(H,30,36)(H,34,35)/t27-/m0/s1. The maximum Gasteiger partial charge on any atom is 0.303 e. The molecule has 4 rings (SSSR count). The topological polar surface area (TPSA) is 108 Å². The first-order valence-electron chi connectivity index (χ1n) is 13.2. The number of nitrogens with one attached hydrogen (secondary N) is 1. The van der Waals surface area contributed by atoms with Gasteiger partial charge in [-0.05, 0) is 54.9 Å². The average Bonchev–Trinajstić information content (AvgIpc) is 3.43. The summed E-state index contributed by atoms with van der Waals surface area (Å²) in [7, 11) is 0. The summed E-state index contributed by atoms with van der Waals surface area (Å²) in [5, 5.41) is 17.7. The van der Waals surface area contributed by atoms with Crippen LogP contribution in [-0.4, -0.2) is 46.9 Å². The third-order valence-electron chi connectivity index (χ3n) is 7.04. The van der Waals surface area contributed by atoms with Crippen LogP contribution in [0.15, 0.2) is 59.7 Å². The maximum absolute atomic E-state index is 13.2. The Kier molecular flexibility index (Phi) is 9.29. The lowest BCUT2D eigenvalue weighted by Gasteiger charge is -2.25. The van der Waals surface area contributed by atoms with Gasteiger partial charge >= 0.3 is 5.97 Å². The molecule has 0 bridgehead atoms. The predicted molar refractivity (Wildman–Crippen MR) is 140 cm³/mol. The van der Waals surface area contributed by atoms with Gasteiger partial charge in [0.15, 0.2) is 6.61 Å². The number of unbranched alkanes of at least 4 members (excludes halogenated alkanes) is 2. The largest absolute Gasteiger partial charge is 0.481 e. The normalized spacial score (nSPS) is 16.7. The number of carboxylic acid groups (broad SMARTS) is 1. The van der Waals surface area contributed by atoms with Crippen LogP contribution in [-0.2, 0) is 25.7 Å². The van der Waals surface area contributed by atoms with Crippen LogP contribution in [0.4, 0.5) is 0 Å². The fraction of sp³-hybridized carbons (Fsp3) is 0.448. The van der Waals surface area contributed by atoms with Crippen LogP contribution in [0.1, 0.15) is 74.0 Å². The van der Waals surface area contributed by atoms with Crippen molar-refractivity contribution in [3.05, 3.63) is 71.3 Å². The van der Waals surface area contributed by atoms with Crippen molar-refractivity contribution in [3.8, 4) is 0 Å². The summed E-state index contributed by atoms with van der Waals surface area (Å²) in [6.45, 7) is 0.835. The molecule has 0 aromatic heterocycles. The van der Waals surface area contributed by atoms with Crippen molar-refractivity contribution in [2.75, 3.05) is 13.2 Å². The minimum Gasteiger partial charge on any atom is -0.481 e. The zero-order valence-electron chi connectivity index (χ0n) is 21.1. The summed E-state index contributed by atoms with van der Waals surface area (Å²) in [6.07, 6.45) is 6.71. The minimum atomic E-state index is -0.782. The zero-order valence-corrected chi connectivity index (χ0v) is 21.1. The second-order valence-corrected chi connectivity index (χ2v) is 9.77. The highest BCUT2D eigenvalue weighted by Crippen LogP contribution is 2.37. The first-order valence-corrected chi connectivity index (χ1v) is 13.2. The number of aliphatic carboxylic acids is 1. The zero-order chi connectivity index (χ0) is 26.0. The molecule has 2 aromatic carbocycles. The summed E-state index contributed by atoms with van der Waals surface area (Å²) in [5.74, 6) is -0.401. The Morgan fingerprint density at radius 3 is 2.46 bits per heavy atom. The first kappa shape index (κ1) is 26.4. The highest BCUT2D eigenvalue weighted by molar-refractivity contribution is 5.97. The van der Waals surface area contributed by atoms with Crippen molar-refractivity contribution in [1.29, 1.82) is 0 Å². The van der Waals surface area contributed by atoms with E-state index in [9.17, 15) is 14.4 Å². The number of benzene rings is 2. The molecule has 1 atom stereocenters. The lowest BCUT2D eigenvalue weighted by molar-refractivity contribution is -0.137. The molecular weight excluding hydrogens is 470 g/mol. The number of carbonyl (C=O) groups is 3. The van der Waals surface area contributed by atoms with Gasteiger partial charge in [-0.2, -0.15) is 0 Å².